The van der Waals surface area contributed by atoms with E-state index < -0.39 is 0 Å². The maximum Gasteiger partial charge on any atom is 0.0462 e. The molecule has 26 heavy (non-hydrogen) atoms. The van der Waals surface area contributed by atoms with Gasteiger partial charge in [-0.15, -0.1) is 0 Å². The molecular weight excluding hydrogens is 340 g/mol. The number of unbranched alkanes of at least 4 members (excludes halogenated alkanes) is 2. The Labute approximate surface area is 163 Å². The van der Waals surface area contributed by atoms with Crippen LogP contribution in [0.4, 0.5) is 0 Å². The van der Waals surface area contributed by atoms with Crippen LogP contribution in [0.15, 0.2) is 48.5 Å². The Kier molecular flexibility index (Phi) is 7.58. The van der Waals surface area contributed by atoms with Crippen molar-refractivity contribution in [2.45, 2.75) is 57.3 Å². The van der Waals surface area contributed by atoms with E-state index in [-0.39, 0.29) is 0 Å². The van der Waals surface area contributed by atoms with Gasteiger partial charge in [-0.1, -0.05) is 67.3 Å². The molecule has 2 aromatic rings. The summed E-state index contributed by atoms with van der Waals surface area (Å²) in [5.74, 6) is 1.70. The van der Waals surface area contributed by atoms with Crippen LogP contribution >= 0.6 is 11.6 Å². The summed E-state index contributed by atoms with van der Waals surface area (Å²) in [6.45, 7) is 0.915. The lowest BCUT2D eigenvalue weighted by molar-refractivity contribution is 0.190. The van der Waals surface area contributed by atoms with Crippen LogP contribution in [0.5, 0.6) is 0 Å². The third kappa shape index (κ3) is 5.59. The molecule has 0 aliphatic heterocycles. The summed E-state index contributed by atoms with van der Waals surface area (Å²) in [6.07, 6.45) is 10.8. The van der Waals surface area contributed by atoms with Gasteiger partial charge in [0, 0.05) is 18.7 Å². The predicted octanol–water partition coefficient (Wildman–Crippen LogP) is 7.49. The number of halogens is 1. The molecule has 0 N–H and O–H groups in total. The van der Waals surface area contributed by atoms with E-state index in [0.717, 1.165) is 23.5 Å². The van der Waals surface area contributed by atoms with Gasteiger partial charge < -0.3 is 4.74 Å². The molecule has 2 heteroatoms. The van der Waals surface area contributed by atoms with Crippen molar-refractivity contribution in [1.82, 2.24) is 0 Å². The van der Waals surface area contributed by atoms with Gasteiger partial charge in [0.25, 0.3) is 0 Å². The SMILES string of the molecule is COCCCCC[C@H]1CC[C@H](c2ccc(-c3ccc(Cl)cc3)cc2)CC1. The van der Waals surface area contributed by atoms with Gasteiger partial charge in [-0.25, -0.2) is 0 Å². The largest absolute Gasteiger partial charge is 0.385 e. The monoisotopic (exact) mass is 370 g/mol. The highest BCUT2D eigenvalue weighted by atomic mass is 35.5. The lowest BCUT2D eigenvalue weighted by Gasteiger charge is -2.29. The number of rotatable bonds is 8. The van der Waals surface area contributed by atoms with Gasteiger partial charge in [0.1, 0.15) is 0 Å². The molecule has 0 spiro atoms. The summed E-state index contributed by atoms with van der Waals surface area (Å²) in [5, 5.41) is 0.792. The summed E-state index contributed by atoms with van der Waals surface area (Å²) in [4.78, 5) is 0. The van der Waals surface area contributed by atoms with E-state index in [2.05, 4.69) is 36.4 Å². The number of benzene rings is 2. The van der Waals surface area contributed by atoms with E-state index >= 15 is 0 Å². The first-order chi connectivity index (χ1) is 12.8. The highest BCUT2D eigenvalue weighted by Gasteiger charge is 2.22. The van der Waals surface area contributed by atoms with Crippen LogP contribution in [0.1, 0.15) is 62.8 Å². The minimum absolute atomic E-state index is 0.749. The van der Waals surface area contributed by atoms with Crippen LogP contribution in [0, 0.1) is 5.92 Å². The molecule has 1 nitrogen and oxygen atoms in total. The molecule has 0 unspecified atom stereocenters. The number of hydrogen-bond donors (Lipinski definition) is 0. The van der Waals surface area contributed by atoms with E-state index in [1.807, 2.05) is 12.1 Å². The minimum Gasteiger partial charge on any atom is -0.385 e. The minimum atomic E-state index is 0.749. The highest BCUT2D eigenvalue weighted by Crippen LogP contribution is 2.38. The third-order valence-electron chi connectivity index (χ3n) is 5.87. The van der Waals surface area contributed by atoms with Gasteiger partial charge in [0.15, 0.2) is 0 Å². The smallest absolute Gasteiger partial charge is 0.0462 e. The van der Waals surface area contributed by atoms with E-state index in [0.29, 0.717) is 0 Å². The van der Waals surface area contributed by atoms with Gasteiger partial charge in [-0.2, -0.15) is 0 Å². The van der Waals surface area contributed by atoms with Gasteiger partial charge in [-0.05, 0) is 72.8 Å². The van der Waals surface area contributed by atoms with Crippen LogP contribution in [0.25, 0.3) is 11.1 Å². The summed E-state index contributed by atoms with van der Waals surface area (Å²) < 4.78 is 5.13. The molecule has 0 bridgehead atoms. The first-order valence-electron chi connectivity index (χ1n) is 10.1. The van der Waals surface area contributed by atoms with E-state index in [1.54, 1.807) is 7.11 Å². The van der Waals surface area contributed by atoms with Crippen molar-refractivity contribution in [3.05, 3.63) is 59.1 Å². The van der Waals surface area contributed by atoms with Crippen LogP contribution in [0.2, 0.25) is 5.02 Å². The molecule has 1 fully saturated rings. The standard InChI is InChI=1S/C24H31ClO/c1-26-18-4-2-3-5-19-6-8-20(9-7-19)21-10-12-22(13-11-21)23-14-16-24(25)17-15-23/h10-17,19-20H,2-9,18H2,1H3/t19-,20-. The van der Waals surface area contributed by atoms with Gasteiger partial charge >= 0.3 is 0 Å². The second kappa shape index (κ2) is 10.1. The van der Waals surface area contributed by atoms with Crippen molar-refractivity contribution >= 4 is 11.6 Å². The summed E-state index contributed by atoms with van der Waals surface area (Å²) in [7, 11) is 1.79. The molecule has 1 aliphatic carbocycles. The van der Waals surface area contributed by atoms with E-state index in [9.17, 15) is 0 Å². The molecule has 0 aromatic heterocycles. The van der Waals surface area contributed by atoms with Gasteiger partial charge in [-0.3, -0.25) is 0 Å². The molecule has 0 atom stereocenters. The summed E-state index contributed by atoms with van der Waals surface area (Å²) in [5.41, 5.74) is 4.02. The Hall–Kier alpha value is -1.31. The molecular formula is C24H31ClO. The Morgan fingerprint density at radius 2 is 1.42 bits per heavy atom. The molecule has 2 aromatic carbocycles. The van der Waals surface area contributed by atoms with E-state index in [1.165, 1.54) is 68.1 Å². The summed E-state index contributed by atoms with van der Waals surface area (Å²) in [6, 6.07) is 17.3. The topological polar surface area (TPSA) is 9.23 Å². The molecule has 140 valence electrons. The molecule has 0 saturated heterocycles. The average molecular weight is 371 g/mol. The maximum absolute atomic E-state index is 5.99. The van der Waals surface area contributed by atoms with Crippen molar-refractivity contribution in [3.63, 3.8) is 0 Å². The average Bonchev–Trinajstić information content (AvgIpc) is 2.69. The zero-order chi connectivity index (χ0) is 18.2. The third-order valence-corrected chi connectivity index (χ3v) is 6.12. The lowest BCUT2D eigenvalue weighted by Crippen LogP contribution is -2.13. The van der Waals surface area contributed by atoms with Crippen LogP contribution in [0.3, 0.4) is 0 Å². The van der Waals surface area contributed by atoms with E-state index in [4.69, 9.17) is 16.3 Å². The molecule has 3 rings (SSSR count). The Balaban J connectivity index is 1.46. The Bertz CT molecular complexity index is 639. The fourth-order valence-electron chi connectivity index (χ4n) is 4.23. The first-order valence-corrected chi connectivity index (χ1v) is 10.5. The quantitative estimate of drug-likeness (QED) is 0.437. The fraction of sp³-hybridized carbons (Fsp3) is 0.500. The molecule has 0 heterocycles. The fourth-order valence-corrected chi connectivity index (χ4v) is 4.36. The van der Waals surface area contributed by atoms with Crippen molar-refractivity contribution in [1.29, 1.82) is 0 Å². The number of hydrogen-bond acceptors (Lipinski definition) is 1. The van der Waals surface area contributed by atoms with Gasteiger partial charge in [0.2, 0.25) is 0 Å². The second-order valence-electron chi connectivity index (χ2n) is 7.69. The van der Waals surface area contributed by atoms with Crippen molar-refractivity contribution in [2.24, 2.45) is 5.92 Å². The zero-order valence-electron chi connectivity index (χ0n) is 15.9. The second-order valence-corrected chi connectivity index (χ2v) is 8.13. The van der Waals surface area contributed by atoms with Crippen LogP contribution < -0.4 is 0 Å². The molecule has 0 radical (unpaired) electrons. The first kappa shape index (κ1) is 19.5. The normalized spacial score (nSPS) is 20.2. The van der Waals surface area contributed by atoms with Crippen LogP contribution in [-0.4, -0.2) is 13.7 Å². The highest BCUT2D eigenvalue weighted by molar-refractivity contribution is 6.30. The van der Waals surface area contributed by atoms with Crippen molar-refractivity contribution in [2.75, 3.05) is 13.7 Å². The predicted molar refractivity (Wildman–Crippen MR) is 112 cm³/mol. The van der Waals surface area contributed by atoms with Crippen molar-refractivity contribution in [3.8, 4) is 11.1 Å². The zero-order valence-corrected chi connectivity index (χ0v) is 16.7. The van der Waals surface area contributed by atoms with Crippen LogP contribution in [-0.2, 0) is 4.74 Å². The number of methoxy groups -OCH3 is 1. The Morgan fingerprint density at radius 3 is 2.04 bits per heavy atom. The Morgan fingerprint density at radius 1 is 0.808 bits per heavy atom. The van der Waals surface area contributed by atoms with Crippen molar-refractivity contribution < 1.29 is 4.74 Å². The lowest BCUT2D eigenvalue weighted by atomic mass is 9.77. The number of ether oxygens (including phenoxy) is 1. The molecule has 1 saturated carbocycles. The maximum atomic E-state index is 5.99. The van der Waals surface area contributed by atoms with Gasteiger partial charge in [0.05, 0.1) is 0 Å². The molecule has 1 aliphatic rings. The summed E-state index contributed by atoms with van der Waals surface area (Å²) >= 11 is 5.99. The molecule has 0 amide bonds.